The number of halogens is 1. The lowest BCUT2D eigenvalue weighted by molar-refractivity contribution is -0.123. The fraction of sp³-hybridized carbons (Fsp3) is 0.200. The highest BCUT2D eigenvalue weighted by atomic mass is 35.5. The van der Waals surface area contributed by atoms with Crippen molar-refractivity contribution in [3.8, 4) is 0 Å². The van der Waals surface area contributed by atoms with E-state index in [2.05, 4.69) is 5.32 Å². The zero-order valence-electron chi connectivity index (χ0n) is 8.44. The highest BCUT2D eigenvalue weighted by Crippen LogP contribution is 2.20. The molecule has 0 aliphatic heterocycles. The summed E-state index contributed by atoms with van der Waals surface area (Å²) < 4.78 is 0. The fourth-order valence-electron chi connectivity index (χ4n) is 1.10. The number of hydrogen-bond donors (Lipinski definition) is 3. The Kier molecular flexibility index (Phi) is 4.28. The summed E-state index contributed by atoms with van der Waals surface area (Å²) in [7, 11) is 0. The maximum absolute atomic E-state index is 11.5. The van der Waals surface area contributed by atoms with Crippen molar-refractivity contribution in [1.82, 2.24) is 0 Å². The average molecular weight is 242 g/mol. The molecule has 0 aliphatic rings. The monoisotopic (exact) mass is 241 g/mol. The third-order valence-electron chi connectivity index (χ3n) is 1.89. The highest BCUT2D eigenvalue weighted by molar-refractivity contribution is 6.33. The van der Waals surface area contributed by atoms with Crippen LogP contribution in [0.2, 0.25) is 5.02 Å². The number of nitrogens with two attached hydrogens (primary N) is 2. The second-order valence-electron chi connectivity index (χ2n) is 3.25. The van der Waals surface area contributed by atoms with Gasteiger partial charge in [0.25, 0.3) is 0 Å². The molecule has 5 N–H and O–H groups in total. The molecule has 86 valence electrons. The van der Waals surface area contributed by atoms with E-state index in [4.69, 9.17) is 23.1 Å². The van der Waals surface area contributed by atoms with Gasteiger partial charge in [0.15, 0.2) is 0 Å². The second kappa shape index (κ2) is 5.48. The molecule has 1 atom stereocenters. The van der Waals surface area contributed by atoms with Gasteiger partial charge in [0.05, 0.1) is 23.2 Å². The molecule has 5 nitrogen and oxygen atoms in total. The highest BCUT2D eigenvalue weighted by Gasteiger charge is 2.16. The number of hydrogen-bond acceptors (Lipinski definition) is 3. The second-order valence-corrected chi connectivity index (χ2v) is 3.65. The Morgan fingerprint density at radius 3 is 2.56 bits per heavy atom. The van der Waals surface area contributed by atoms with Crippen molar-refractivity contribution in [3.05, 3.63) is 29.3 Å². The first-order valence-electron chi connectivity index (χ1n) is 4.60. The lowest BCUT2D eigenvalue weighted by atomic mass is 10.2. The number of carbonyl (C=O) groups excluding carboxylic acids is 2. The smallest absolute Gasteiger partial charge is 0.241 e. The van der Waals surface area contributed by atoms with Crippen LogP contribution < -0.4 is 16.8 Å². The lowest BCUT2D eigenvalue weighted by Gasteiger charge is -2.11. The van der Waals surface area contributed by atoms with Gasteiger partial charge in [-0.15, -0.1) is 0 Å². The molecule has 0 aromatic heterocycles. The van der Waals surface area contributed by atoms with Crippen LogP contribution in [0.5, 0.6) is 0 Å². The van der Waals surface area contributed by atoms with Crippen molar-refractivity contribution >= 4 is 29.1 Å². The van der Waals surface area contributed by atoms with Gasteiger partial charge >= 0.3 is 0 Å². The van der Waals surface area contributed by atoms with Gasteiger partial charge in [0, 0.05) is 0 Å². The standard InChI is InChI=1S/C10H12ClN3O2/c11-6-3-1-2-4-8(6)14-10(16)7(12)5-9(13)15/h1-4,7H,5,12H2,(H2,13,15)(H,14,16). The van der Waals surface area contributed by atoms with Crippen LogP contribution >= 0.6 is 11.6 Å². The molecule has 0 radical (unpaired) electrons. The van der Waals surface area contributed by atoms with Gasteiger partial charge < -0.3 is 16.8 Å². The Balaban J connectivity index is 2.64. The van der Waals surface area contributed by atoms with E-state index >= 15 is 0 Å². The van der Waals surface area contributed by atoms with Crippen LogP contribution in [-0.2, 0) is 9.59 Å². The number of carbonyl (C=O) groups is 2. The fourth-order valence-corrected chi connectivity index (χ4v) is 1.28. The van der Waals surface area contributed by atoms with Crippen molar-refractivity contribution in [2.24, 2.45) is 11.5 Å². The van der Waals surface area contributed by atoms with Gasteiger partial charge in [-0.25, -0.2) is 0 Å². The summed E-state index contributed by atoms with van der Waals surface area (Å²) in [5, 5.41) is 2.92. The van der Waals surface area contributed by atoms with Gasteiger partial charge in [0.2, 0.25) is 11.8 Å². The van der Waals surface area contributed by atoms with Crippen molar-refractivity contribution in [1.29, 1.82) is 0 Å². The number of rotatable bonds is 4. The Labute approximate surface area is 97.7 Å². The van der Waals surface area contributed by atoms with Crippen LogP contribution in [0.3, 0.4) is 0 Å². The average Bonchev–Trinajstić information content (AvgIpc) is 2.20. The first kappa shape index (κ1) is 12.5. The van der Waals surface area contributed by atoms with Gasteiger partial charge in [-0.2, -0.15) is 0 Å². The van der Waals surface area contributed by atoms with Gasteiger partial charge in [-0.1, -0.05) is 23.7 Å². The van der Waals surface area contributed by atoms with Crippen LogP contribution in [0, 0.1) is 0 Å². The maximum atomic E-state index is 11.5. The van der Waals surface area contributed by atoms with Crippen LogP contribution in [0.1, 0.15) is 6.42 Å². The summed E-state index contributed by atoms with van der Waals surface area (Å²) >= 11 is 5.83. The van der Waals surface area contributed by atoms with E-state index in [1.54, 1.807) is 24.3 Å². The van der Waals surface area contributed by atoms with E-state index in [-0.39, 0.29) is 6.42 Å². The first-order chi connectivity index (χ1) is 7.50. The van der Waals surface area contributed by atoms with Gasteiger partial charge in [-0.05, 0) is 12.1 Å². The molecule has 0 aliphatic carbocycles. The molecular formula is C10H12ClN3O2. The van der Waals surface area contributed by atoms with Crippen molar-refractivity contribution in [2.75, 3.05) is 5.32 Å². The van der Waals surface area contributed by atoms with Gasteiger partial charge in [-0.3, -0.25) is 9.59 Å². The zero-order valence-corrected chi connectivity index (χ0v) is 9.20. The van der Waals surface area contributed by atoms with Crippen LogP contribution in [0.4, 0.5) is 5.69 Å². The summed E-state index contributed by atoms with van der Waals surface area (Å²) in [5.41, 5.74) is 10.8. The third-order valence-corrected chi connectivity index (χ3v) is 2.22. The molecule has 0 saturated carbocycles. The molecule has 0 fully saturated rings. The Morgan fingerprint density at radius 2 is 2.00 bits per heavy atom. The minimum atomic E-state index is -0.964. The van der Waals surface area contributed by atoms with Crippen molar-refractivity contribution in [2.45, 2.75) is 12.5 Å². The van der Waals surface area contributed by atoms with E-state index in [0.717, 1.165) is 0 Å². The molecule has 0 bridgehead atoms. The summed E-state index contributed by atoms with van der Waals surface area (Å²) in [5.74, 6) is -1.12. The number of benzene rings is 1. The van der Waals surface area contributed by atoms with Gasteiger partial charge in [0.1, 0.15) is 0 Å². The predicted molar refractivity (Wildman–Crippen MR) is 61.9 cm³/mol. The maximum Gasteiger partial charge on any atom is 0.241 e. The molecule has 0 heterocycles. The SMILES string of the molecule is NC(=O)CC(N)C(=O)Nc1ccccc1Cl. The first-order valence-corrected chi connectivity index (χ1v) is 4.98. The molecule has 1 unspecified atom stereocenters. The third kappa shape index (κ3) is 3.52. The zero-order chi connectivity index (χ0) is 12.1. The van der Waals surface area contributed by atoms with Crippen LogP contribution in [0.15, 0.2) is 24.3 Å². The van der Waals surface area contributed by atoms with E-state index < -0.39 is 17.9 Å². The Hall–Kier alpha value is -1.59. The molecule has 0 saturated heterocycles. The molecule has 1 aromatic carbocycles. The quantitative estimate of drug-likeness (QED) is 0.715. The van der Waals surface area contributed by atoms with Crippen molar-refractivity contribution in [3.63, 3.8) is 0 Å². The largest absolute Gasteiger partial charge is 0.370 e. The minimum Gasteiger partial charge on any atom is -0.370 e. The normalized spacial score (nSPS) is 11.9. The van der Waals surface area contributed by atoms with Crippen LogP contribution in [-0.4, -0.2) is 17.9 Å². The van der Waals surface area contributed by atoms with E-state index in [1.807, 2.05) is 0 Å². The van der Waals surface area contributed by atoms with E-state index in [9.17, 15) is 9.59 Å². The molecule has 6 heteroatoms. The predicted octanol–water partition coefficient (Wildman–Crippen LogP) is 0.481. The Morgan fingerprint density at radius 1 is 1.38 bits per heavy atom. The minimum absolute atomic E-state index is 0.198. The van der Waals surface area contributed by atoms with E-state index in [0.29, 0.717) is 10.7 Å². The van der Waals surface area contributed by atoms with Crippen LogP contribution in [0.25, 0.3) is 0 Å². The Bertz CT molecular complexity index is 409. The molecule has 0 spiro atoms. The number of nitrogens with one attached hydrogen (secondary N) is 1. The molecule has 2 amide bonds. The molecule has 1 rings (SSSR count). The number of para-hydroxylation sites is 1. The topological polar surface area (TPSA) is 98.2 Å². The van der Waals surface area contributed by atoms with E-state index in [1.165, 1.54) is 0 Å². The molecule has 1 aromatic rings. The summed E-state index contributed by atoms with van der Waals surface area (Å²) in [6, 6.07) is 5.77. The lowest BCUT2D eigenvalue weighted by Crippen LogP contribution is -2.39. The number of anilines is 1. The summed E-state index contributed by atoms with van der Waals surface area (Å²) in [6.45, 7) is 0. The number of primary amides is 1. The summed E-state index contributed by atoms with van der Waals surface area (Å²) in [6.07, 6.45) is -0.198. The van der Waals surface area contributed by atoms with Crippen molar-refractivity contribution < 1.29 is 9.59 Å². The summed E-state index contributed by atoms with van der Waals surface area (Å²) in [4.78, 5) is 22.1. The molecular weight excluding hydrogens is 230 g/mol. The number of amides is 2. The molecule has 16 heavy (non-hydrogen) atoms.